The Morgan fingerprint density at radius 3 is 2.43 bits per heavy atom. The van der Waals surface area contributed by atoms with Crippen molar-refractivity contribution >= 4 is 5.91 Å². The molecule has 0 saturated heterocycles. The van der Waals surface area contributed by atoms with Crippen LogP contribution in [0.2, 0.25) is 0 Å². The second kappa shape index (κ2) is 6.79. The van der Waals surface area contributed by atoms with Crippen LogP contribution in [0.3, 0.4) is 0 Å². The number of carbonyl (C=O) groups is 1. The van der Waals surface area contributed by atoms with E-state index in [4.69, 9.17) is 0 Å². The molecule has 1 amide bonds. The van der Waals surface area contributed by atoms with Gasteiger partial charge in [-0.1, -0.05) is 30.3 Å². The number of aromatic nitrogens is 2. The van der Waals surface area contributed by atoms with Gasteiger partial charge in [-0.3, -0.25) is 4.79 Å². The third-order valence-corrected chi connectivity index (χ3v) is 3.24. The van der Waals surface area contributed by atoms with E-state index >= 15 is 0 Å². The van der Waals surface area contributed by atoms with E-state index < -0.39 is 0 Å². The summed E-state index contributed by atoms with van der Waals surface area (Å²) < 4.78 is 14.5. The van der Waals surface area contributed by atoms with Gasteiger partial charge in [0.25, 0.3) is 5.91 Å². The molecule has 0 N–H and O–H groups in total. The second-order valence-corrected chi connectivity index (χ2v) is 4.97. The molecule has 0 aliphatic heterocycles. The number of carbonyl (C=O) groups excluding carboxylic acids is 1. The molecular weight excluding hydrogens is 293 g/mol. The molecule has 0 spiro atoms. The summed E-state index contributed by atoms with van der Waals surface area (Å²) in [5.74, 6) is -0.619. The Hall–Kier alpha value is -3.08. The van der Waals surface area contributed by atoms with Crippen LogP contribution in [0.1, 0.15) is 5.56 Å². The van der Waals surface area contributed by atoms with Gasteiger partial charge in [0.05, 0.1) is 23.7 Å². The van der Waals surface area contributed by atoms with Crippen LogP contribution in [0.25, 0.3) is 5.69 Å². The van der Waals surface area contributed by atoms with E-state index in [1.54, 1.807) is 29.1 Å². The lowest BCUT2D eigenvalue weighted by molar-refractivity contribution is -0.117. The second-order valence-electron chi connectivity index (χ2n) is 4.97. The zero-order valence-electron chi connectivity index (χ0n) is 12.3. The highest BCUT2D eigenvalue weighted by Crippen LogP contribution is 2.04. The highest BCUT2D eigenvalue weighted by Gasteiger charge is 2.02. The van der Waals surface area contributed by atoms with Crippen LogP contribution in [-0.2, 0) is 11.2 Å². The summed E-state index contributed by atoms with van der Waals surface area (Å²) in [6.45, 7) is 0. The molecule has 0 saturated carbocycles. The fourth-order valence-electron chi connectivity index (χ4n) is 2.11. The number of halogens is 1. The molecule has 0 unspecified atom stereocenters. The van der Waals surface area contributed by atoms with Crippen molar-refractivity contribution in [3.8, 4) is 5.69 Å². The molecule has 114 valence electrons. The average Bonchev–Trinajstić information content (AvgIpc) is 2.58. The van der Waals surface area contributed by atoms with E-state index in [0.717, 1.165) is 11.3 Å². The summed E-state index contributed by atoms with van der Waals surface area (Å²) in [5, 5.41) is 4.73. The van der Waals surface area contributed by atoms with Crippen molar-refractivity contribution in [2.45, 2.75) is 6.42 Å². The van der Waals surface area contributed by atoms with Crippen molar-refractivity contribution in [2.24, 2.45) is 4.99 Å². The summed E-state index contributed by atoms with van der Waals surface area (Å²) in [7, 11) is 0. The third kappa shape index (κ3) is 3.97. The number of rotatable bonds is 3. The van der Waals surface area contributed by atoms with Crippen molar-refractivity contribution in [1.82, 2.24) is 9.78 Å². The number of para-hydroxylation sites is 1. The van der Waals surface area contributed by atoms with E-state index in [1.807, 2.05) is 30.3 Å². The molecule has 1 heterocycles. The minimum Gasteiger partial charge on any atom is -0.272 e. The van der Waals surface area contributed by atoms with Crippen LogP contribution in [0.4, 0.5) is 4.39 Å². The highest BCUT2D eigenvalue weighted by molar-refractivity contribution is 5.79. The molecule has 0 atom stereocenters. The fraction of sp³-hybridized carbons (Fsp3) is 0.0556. The smallest absolute Gasteiger partial charge is 0.250 e. The molecule has 0 aliphatic rings. The Labute approximate surface area is 132 Å². The zero-order chi connectivity index (χ0) is 16.1. The lowest BCUT2D eigenvalue weighted by Gasteiger charge is -2.03. The number of benzene rings is 2. The summed E-state index contributed by atoms with van der Waals surface area (Å²) in [4.78, 5) is 15.9. The third-order valence-electron chi connectivity index (χ3n) is 3.24. The van der Waals surface area contributed by atoms with Crippen molar-refractivity contribution in [3.05, 3.63) is 89.8 Å². The predicted octanol–water partition coefficient (Wildman–Crippen LogP) is 2.68. The van der Waals surface area contributed by atoms with Gasteiger partial charge in [-0.15, -0.1) is 0 Å². The largest absolute Gasteiger partial charge is 0.272 e. The standard InChI is InChI=1S/C18H14FN3O/c19-15-8-6-14(7-9-15)12-18(23)21-16-10-11-22(20-13-16)17-4-2-1-3-5-17/h1-11,13H,12H2. The van der Waals surface area contributed by atoms with Gasteiger partial charge in [-0.2, -0.15) is 5.10 Å². The first-order valence-corrected chi connectivity index (χ1v) is 7.13. The molecule has 0 radical (unpaired) electrons. The van der Waals surface area contributed by atoms with Crippen molar-refractivity contribution in [1.29, 1.82) is 0 Å². The van der Waals surface area contributed by atoms with Crippen LogP contribution in [0.15, 0.2) is 78.0 Å². The first-order chi connectivity index (χ1) is 11.2. The van der Waals surface area contributed by atoms with Crippen LogP contribution in [0, 0.1) is 5.82 Å². The Kier molecular flexibility index (Phi) is 4.38. The lowest BCUT2D eigenvalue weighted by Crippen LogP contribution is -2.12. The van der Waals surface area contributed by atoms with Gasteiger partial charge >= 0.3 is 0 Å². The molecule has 0 aliphatic carbocycles. The van der Waals surface area contributed by atoms with Gasteiger partial charge in [-0.25, -0.2) is 14.1 Å². The fourth-order valence-corrected chi connectivity index (χ4v) is 2.11. The molecule has 0 bridgehead atoms. The van der Waals surface area contributed by atoms with Crippen LogP contribution < -0.4 is 5.36 Å². The minimum absolute atomic E-state index is 0.133. The summed E-state index contributed by atoms with van der Waals surface area (Å²) in [6.07, 6.45) is 3.42. The minimum atomic E-state index is -0.323. The maximum absolute atomic E-state index is 12.8. The summed E-state index contributed by atoms with van der Waals surface area (Å²) in [5.41, 5.74) is 1.65. The Bertz CT molecular complexity index is 850. The molecule has 3 rings (SSSR count). The molecule has 1 aromatic heterocycles. The topological polar surface area (TPSA) is 47.2 Å². The highest BCUT2D eigenvalue weighted by atomic mass is 19.1. The average molecular weight is 307 g/mol. The predicted molar refractivity (Wildman–Crippen MR) is 84.2 cm³/mol. The van der Waals surface area contributed by atoms with Gasteiger partial charge in [0.15, 0.2) is 0 Å². The van der Waals surface area contributed by atoms with Gasteiger partial charge in [-0.05, 0) is 35.9 Å². The SMILES string of the molecule is O=C(Cc1ccc(F)cc1)N=c1ccn(-c2ccccc2)nc1. The first-order valence-electron chi connectivity index (χ1n) is 7.13. The molecule has 0 fully saturated rings. The number of hydrogen-bond donors (Lipinski definition) is 0. The van der Waals surface area contributed by atoms with Gasteiger partial charge in [0, 0.05) is 6.20 Å². The van der Waals surface area contributed by atoms with Crippen LogP contribution in [0.5, 0.6) is 0 Å². The normalized spacial score (nSPS) is 11.4. The molecule has 2 aromatic carbocycles. The number of hydrogen-bond acceptors (Lipinski definition) is 2. The zero-order valence-corrected chi connectivity index (χ0v) is 12.3. The summed E-state index contributed by atoms with van der Waals surface area (Å²) >= 11 is 0. The number of amides is 1. The lowest BCUT2D eigenvalue weighted by atomic mass is 10.1. The molecule has 3 aromatic rings. The maximum atomic E-state index is 12.8. The van der Waals surface area contributed by atoms with E-state index in [2.05, 4.69) is 10.1 Å². The molecule has 23 heavy (non-hydrogen) atoms. The van der Waals surface area contributed by atoms with Crippen LogP contribution >= 0.6 is 0 Å². The van der Waals surface area contributed by atoms with Crippen molar-refractivity contribution in [2.75, 3.05) is 0 Å². The Morgan fingerprint density at radius 2 is 1.78 bits per heavy atom. The van der Waals surface area contributed by atoms with Gasteiger partial charge in [0.2, 0.25) is 0 Å². The van der Waals surface area contributed by atoms with E-state index in [1.165, 1.54) is 18.3 Å². The van der Waals surface area contributed by atoms with E-state index in [-0.39, 0.29) is 18.1 Å². The monoisotopic (exact) mass is 307 g/mol. The number of nitrogens with zero attached hydrogens (tertiary/aromatic N) is 3. The van der Waals surface area contributed by atoms with Crippen molar-refractivity contribution in [3.63, 3.8) is 0 Å². The maximum Gasteiger partial charge on any atom is 0.250 e. The molecular formula is C18H14FN3O. The van der Waals surface area contributed by atoms with Crippen LogP contribution in [-0.4, -0.2) is 15.7 Å². The van der Waals surface area contributed by atoms with Gasteiger partial charge in [0.1, 0.15) is 5.82 Å². The Balaban J connectivity index is 1.74. The van der Waals surface area contributed by atoms with Crippen molar-refractivity contribution < 1.29 is 9.18 Å². The first kappa shape index (κ1) is 14.8. The van der Waals surface area contributed by atoms with Gasteiger partial charge < -0.3 is 0 Å². The summed E-state index contributed by atoms with van der Waals surface area (Å²) in [6, 6.07) is 17.2. The molecule has 5 heteroatoms. The quantitative estimate of drug-likeness (QED) is 0.747. The van der Waals surface area contributed by atoms with E-state index in [0.29, 0.717) is 5.36 Å². The van der Waals surface area contributed by atoms with E-state index in [9.17, 15) is 9.18 Å². The Morgan fingerprint density at radius 1 is 1.04 bits per heavy atom. The molecule has 4 nitrogen and oxygen atoms in total.